The highest BCUT2D eigenvalue weighted by molar-refractivity contribution is 5.77. The van der Waals surface area contributed by atoms with Crippen LogP contribution in [0.15, 0.2) is 24.4 Å². The summed E-state index contributed by atoms with van der Waals surface area (Å²) in [6.45, 7) is 0. The fraction of sp³-hybridized carbons (Fsp3) is 0.111. The maximum atomic E-state index is 5.57. The maximum absolute atomic E-state index is 5.57. The van der Waals surface area contributed by atoms with Gasteiger partial charge in [0.2, 0.25) is 5.88 Å². The molecule has 0 radical (unpaired) electrons. The molecule has 13 heavy (non-hydrogen) atoms. The van der Waals surface area contributed by atoms with Crippen molar-refractivity contribution in [1.82, 2.24) is 9.97 Å². The molecule has 2 heterocycles. The molecule has 66 valence electrons. The molecule has 2 aromatic heterocycles. The summed E-state index contributed by atoms with van der Waals surface area (Å²) in [6, 6.07) is 5.39. The highest BCUT2D eigenvalue weighted by Crippen LogP contribution is 2.15. The van der Waals surface area contributed by atoms with Crippen LogP contribution in [-0.2, 0) is 0 Å². The highest BCUT2D eigenvalue weighted by atomic mass is 16.5. The average Bonchev–Trinajstić information content (AvgIpc) is 2.16. The van der Waals surface area contributed by atoms with Crippen LogP contribution >= 0.6 is 0 Å². The number of hydrogen-bond acceptors (Lipinski definition) is 4. The highest BCUT2D eigenvalue weighted by Gasteiger charge is 1.98. The summed E-state index contributed by atoms with van der Waals surface area (Å²) in [4.78, 5) is 8.30. The number of anilines is 1. The minimum absolute atomic E-state index is 0.569. The Hall–Kier alpha value is -1.84. The number of nitrogens with zero attached hydrogens (tertiary/aromatic N) is 2. The van der Waals surface area contributed by atoms with Crippen LogP contribution in [0.4, 0.5) is 5.69 Å². The quantitative estimate of drug-likeness (QED) is 0.707. The van der Waals surface area contributed by atoms with Gasteiger partial charge in [0.15, 0.2) is 0 Å². The van der Waals surface area contributed by atoms with Crippen LogP contribution in [0.3, 0.4) is 0 Å². The number of fused-ring (bicyclic) bond motifs is 1. The molecule has 0 fully saturated rings. The van der Waals surface area contributed by atoms with Crippen molar-refractivity contribution >= 4 is 16.7 Å². The van der Waals surface area contributed by atoms with Gasteiger partial charge in [0.25, 0.3) is 0 Å². The van der Waals surface area contributed by atoms with E-state index in [0.717, 1.165) is 11.0 Å². The second-order valence-corrected chi connectivity index (χ2v) is 2.66. The van der Waals surface area contributed by atoms with E-state index in [1.165, 1.54) is 0 Å². The van der Waals surface area contributed by atoms with Gasteiger partial charge in [-0.1, -0.05) is 0 Å². The van der Waals surface area contributed by atoms with Gasteiger partial charge in [-0.2, -0.15) is 0 Å². The molecule has 0 unspecified atom stereocenters. The molecule has 0 saturated carbocycles. The van der Waals surface area contributed by atoms with Gasteiger partial charge >= 0.3 is 0 Å². The Morgan fingerprint density at radius 1 is 1.31 bits per heavy atom. The molecular formula is C9H9N3O. The summed E-state index contributed by atoms with van der Waals surface area (Å²) < 4.78 is 4.98. The van der Waals surface area contributed by atoms with Crippen molar-refractivity contribution in [3.8, 4) is 5.88 Å². The number of methoxy groups -OCH3 is 1. The van der Waals surface area contributed by atoms with Gasteiger partial charge in [-0.15, -0.1) is 0 Å². The lowest BCUT2D eigenvalue weighted by Crippen LogP contribution is -1.91. The Bertz CT molecular complexity index is 442. The zero-order valence-corrected chi connectivity index (χ0v) is 7.19. The Morgan fingerprint density at radius 2 is 2.15 bits per heavy atom. The van der Waals surface area contributed by atoms with Crippen molar-refractivity contribution in [3.05, 3.63) is 24.4 Å². The van der Waals surface area contributed by atoms with E-state index in [1.807, 2.05) is 6.07 Å². The van der Waals surface area contributed by atoms with E-state index in [0.29, 0.717) is 11.6 Å². The molecule has 0 aromatic carbocycles. The van der Waals surface area contributed by atoms with Gasteiger partial charge in [-0.25, -0.2) is 4.98 Å². The van der Waals surface area contributed by atoms with Crippen molar-refractivity contribution < 1.29 is 4.74 Å². The lowest BCUT2D eigenvalue weighted by Gasteiger charge is -2.00. The van der Waals surface area contributed by atoms with E-state index in [9.17, 15) is 0 Å². The molecule has 2 aromatic rings. The number of nitrogen functional groups attached to an aromatic ring is 1. The summed E-state index contributed by atoms with van der Waals surface area (Å²) in [5, 5.41) is 0. The van der Waals surface area contributed by atoms with E-state index in [-0.39, 0.29) is 0 Å². The first-order valence-electron chi connectivity index (χ1n) is 3.86. The average molecular weight is 175 g/mol. The topological polar surface area (TPSA) is 61.0 Å². The smallest absolute Gasteiger partial charge is 0.213 e. The summed E-state index contributed by atoms with van der Waals surface area (Å²) in [7, 11) is 1.58. The fourth-order valence-corrected chi connectivity index (χ4v) is 1.12. The molecule has 0 amide bonds. The van der Waals surface area contributed by atoms with Gasteiger partial charge in [0.1, 0.15) is 0 Å². The van der Waals surface area contributed by atoms with E-state index in [4.69, 9.17) is 10.5 Å². The standard InChI is InChI=1S/C9H9N3O/c1-13-9-3-2-7-8(12-9)4-6(10)5-11-7/h2-5H,10H2,1H3. The van der Waals surface area contributed by atoms with E-state index in [2.05, 4.69) is 9.97 Å². The van der Waals surface area contributed by atoms with Crippen LogP contribution in [0.25, 0.3) is 11.0 Å². The second kappa shape index (κ2) is 2.90. The zero-order valence-electron chi connectivity index (χ0n) is 7.19. The Labute approximate surface area is 75.4 Å². The van der Waals surface area contributed by atoms with Crippen LogP contribution < -0.4 is 10.5 Å². The first-order valence-corrected chi connectivity index (χ1v) is 3.86. The molecule has 0 atom stereocenters. The summed E-state index contributed by atoms with van der Waals surface area (Å²) in [5.41, 5.74) is 7.74. The predicted molar refractivity (Wildman–Crippen MR) is 50.5 cm³/mol. The van der Waals surface area contributed by atoms with E-state index in [1.54, 1.807) is 25.4 Å². The van der Waals surface area contributed by atoms with Crippen LogP contribution in [-0.4, -0.2) is 17.1 Å². The van der Waals surface area contributed by atoms with Gasteiger partial charge in [-0.3, -0.25) is 4.98 Å². The number of pyridine rings is 2. The molecule has 0 aliphatic heterocycles. The summed E-state index contributed by atoms with van der Waals surface area (Å²) in [6.07, 6.45) is 1.61. The van der Waals surface area contributed by atoms with Crippen molar-refractivity contribution in [2.75, 3.05) is 12.8 Å². The van der Waals surface area contributed by atoms with Crippen molar-refractivity contribution in [2.45, 2.75) is 0 Å². The van der Waals surface area contributed by atoms with Crippen LogP contribution in [0.1, 0.15) is 0 Å². The van der Waals surface area contributed by atoms with Crippen molar-refractivity contribution in [2.24, 2.45) is 0 Å². The molecule has 0 spiro atoms. The molecular weight excluding hydrogens is 166 g/mol. The molecule has 4 nitrogen and oxygen atoms in total. The monoisotopic (exact) mass is 175 g/mol. The minimum Gasteiger partial charge on any atom is -0.481 e. The van der Waals surface area contributed by atoms with Crippen LogP contribution in [0, 0.1) is 0 Å². The van der Waals surface area contributed by atoms with E-state index >= 15 is 0 Å². The fourth-order valence-electron chi connectivity index (χ4n) is 1.12. The van der Waals surface area contributed by atoms with Gasteiger partial charge < -0.3 is 10.5 Å². The largest absolute Gasteiger partial charge is 0.481 e. The van der Waals surface area contributed by atoms with Crippen molar-refractivity contribution in [1.29, 1.82) is 0 Å². The number of rotatable bonds is 1. The summed E-state index contributed by atoms with van der Waals surface area (Å²) in [5.74, 6) is 0.569. The normalized spacial score (nSPS) is 10.2. The minimum atomic E-state index is 0.569. The lowest BCUT2D eigenvalue weighted by atomic mass is 10.3. The number of nitrogens with two attached hydrogens (primary N) is 1. The van der Waals surface area contributed by atoms with Crippen molar-refractivity contribution in [3.63, 3.8) is 0 Å². The van der Waals surface area contributed by atoms with Crippen LogP contribution in [0.2, 0.25) is 0 Å². The molecule has 4 heteroatoms. The van der Waals surface area contributed by atoms with Gasteiger partial charge in [0.05, 0.1) is 30.0 Å². The molecule has 2 N–H and O–H groups in total. The Kier molecular flexibility index (Phi) is 1.73. The first-order chi connectivity index (χ1) is 6.29. The maximum Gasteiger partial charge on any atom is 0.213 e. The lowest BCUT2D eigenvalue weighted by molar-refractivity contribution is 0.399. The zero-order chi connectivity index (χ0) is 9.26. The van der Waals surface area contributed by atoms with Gasteiger partial charge in [0, 0.05) is 6.07 Å². The number of ether oxygens (including phenoxy) is 1. The number of hydrogen-bond donors (Lipinski definition) is 1. The summed E-state index contributed by atoms with van der Waals surface area (Å²) >= 11 is 0. The second-order valence-electron chi connectivity index (χ2n) is 2.66. The third kappa shape index (κ3) is 1.38. The van der Waals surface area contributed by atoms with E-state index < -0.39 is 0 Å². The Morgan fingerprint density at radius 3 is 2.92 bits per heavy atom. The molecule has 0 bridgehead atoms. The molecule has 0 saturated heterocycles. The molecule has 0 aliphatic rings. The van der Waals surface area contributed by atoms with Crippen LogP contribution in [0.5, 0.6) is 5.88 Å². The molecule has 2 rings (SSSR count). The number of aromatic nitrogens is 2. The third-order valence-corrected chi connectivity index (χ3v) is 1.74. The molecule has 0 aliphatic carbocycles. The van der Waals surface area contributed by atoms with Gasteiger partial charge in [-0.05, 0) is 12.1 Å². The predicted octanol–water partition coefficient (Wildman–Crippen LogP) is 1.22. The first kappa shape index (κ1) is 7.79. The SMILES string of the molecule is COc1ccc2ncc(N)cc2n1. The Balaban J connectivity index is 2.68. The third-order valence-electron chi connectivity index (χ3n) is 1.74.